The van der Waals surface area contributed by atoms with E-state index in [0.717, 1.165) is 18.4 Å². The smallest absolute Gasteiger partial charge is 0.227 e. The highest BCUT2D eigenvalue weighted by Gasteiger charge is 2.52. The van der Waals surface area contributed by atoms with E-state index in [1.807, 2.05) is 4.90 Å². The average molecular weight is 273 g/mol. The third kappa shape index (κ3) is 1.87. The van der Waals surface area contributed by atoms with Crippen molar-refractivity contribution in [1.82, 2.24) is 10.2 Å². The van der Waals surface area contributed by atoms with E-state index in [0.29, 0.717) is 30.8 Å². The molecule has 5 fully saturated rings. The number of carbonyl (C=O) groups excluding carboxylic acids is 1. The van der Waals surface area contributed by atoms with Crippen molar-refractivity contribution in [2.24, 2.45) is 29.6 Å². The van der Waals surface area contributed by atoms with Gasteiger partial charge < -0.3 is 10.2 Å². The zero-order valence-corrected chi connectivity index (χ0v) is 11.9. The largest absolute Gasteiger partial charge is 0.324 e. The van der Waals surface area contributed by atoms with Gasteiger partial charge in [0.25, 0.3) is 0 Å². The highest BCUT2D eigenvalue weighted by molar-refractivity contribution is 5.80. The Morgan fingerprint density at radius 3 is 2.35 bits per heavy atom. The zero-order chi connectivity index (χ0) is 13.7. The Kier molecular flexibility index (Phi) is 2.99. The Hall–Kier alpha value is -1.08. The molecule has 0 aromatic heterocycles. The summed E-state index contributed by atoms with van der Waals surface area (Å²) < 4.78 is 0. The lowest BCUT2D eigenvalue weighted by Crippen LogP contribution is -2.58. The van der Waals surface area contributed by atoms with E-state index < -0.39 is 0 Å². The minimum absolute atomic E-state index is 0.233. The molecule has 1 unspecified atom stereocenters. The Morgan fingerprint density at radius 1 is 1.10 bits per heavy atom. The lowest BCUT2D eigenvalue weighted by atomic mass is 9.51. The van der Waals surface area contributed by atoms with Crippen LogP contribution in [0.2, 0.25) is 0 Å². The maximum absolute atomic E-state index is 13.0. The lowest BCUT2D eigenvalue weighted by molar-refractivity contribution is -0.151. The van der Waals surface area contributed by atoms with Crippen molar-refractivity contribution in [2.75, 3.05) is 19.6 Å². The number of piperazine rings is 1. The first-order valence-electron chi connectivity index (χ1n) is 8.17. The summed E-state index contributed by atoms with van der Waals surface area (Å²) in [6.45, 7) is 2.17. The molecular formula is C16H23N3O. The molecule has 4 aliphatic carbocycles. The maximum atomic E-state index is 13.0. The second kappa shape index (κ2) is 4.73. The van der Waals surface area contributed by atoms with E-state index >= 15 is 0 Å². The second-order valence-electron chi connectivity index (χ2n) is 7.34. The Balaban J connectivity index is 1.55. The van der Waals surface area contributed by atoms with Crippen LogP contribution >= 0.6 is 0 Å². The molecule has 4 saturated carbocycles. The molecule has 20 heavy (non-hydrogen) atoms. The monoisotopic (exact) mass is 273 g/mol. The number of amides is 1. The predicted octanol–water partition coefficient (Wildman–Crippen LogP) is 1.38. The van der Waals surface area contributed by atoms with Crippen LogP contribution in [0.5, 0.6) is 0 Å². The number of nitrogens with one attached hydrogen (secondary N) is 1. The van der Waals surface area contributed by atoms with Gasteiger partial charge in [0.2, 0.25) is 5.91 Å². The maximum Gasteiger partial charge on any atom is 0.227 e. The van der Waals surface area contributed by atoms with E-state index in [-0.39, 0.29) is 12.0 Å². The molecule has 1 N–H and O–H groups in total. The van der Waals surface area contributed by atoms with Gasteiger partial charge in [-0.2, -0.15) is 5.26 Å². The normalized spacial score (nSPS) is 46.2. The lowest BCUT2D eigenvalue weighted by Gasteiger charge is -2.54. The summed E-state index contributed by atoms with van der Waals surface area (Å²) in [6.07, 6.45) is 6.50. The molecule has 0 aromatic carbocycles. The molecule has 5 rings (SSSR count). The molecule has 0 spiro atoms. The fourth-order valence-corrected chi connectivity index (χ4v) is 5.60. The quantitative estimate of drug-likeness (QED) is 0.785. The van der Waals surface area contributed by atoms with Crippen molar-refractivity contribution in [3.05, 3.63) is 0 Å². The molecule has 4 heteroatoms. The summed E-state index contributed by atoms with van der Waals surface area (Å²) in [7, 11) is 0. The SMILES string of the molecule is N#CC1CNCCN1C(=O)C1C2CC3CC(C2)CC1C3. The fourth-order valence-electron chi connectivity index (χ4n) is 5.60. The van der Waals surface area contributed by atoms with E-state index in [9.17, 15) is 10.1 Å². The fraction of sp³-hybridized carbons (Fsp3) is 0.875. The van der Waals surface area contributed by atoms with Crippen LogP contribution < -0.4 is 5.32 Å². The highest BCUT2D eigenvalue weighted by Crippen LogP contribution is 2.56. The Bertz CT molecular complexity index is 427. The van der Waals surface area contributed by atoms with Crippen LogP contribution in [0.25, 0.3) is 0 Å². The van der Waals surface area contributed by atoms with Crippen LogP contribution in [0.15, 0.2) is 0 Å². The number of nitriles is 1. The number of nitrogens with zero attached hydrogens (tertiary/aromatic N) is 2. The van der Waals surface area contributed by atoms with Crippen LogP contribution in [0.4, 0.5) is 0 Å². The minimum Gasteiger partial charge on any atom is -0.324 e. The molecule has 1 atom stereocenters. The molecule has 4 bridgehead atoms. The molecular weight excluding hydrogens is 250 g/mol. The van der Waals surface area contributed by atoms with Crippen molar-refractivity contribution in [2.45, 2.75) is 38.1 Å². The number of rotatable bonds is 1. The van der Waals surface area contributed by atoms with Gasteiger partial charge in [-0.05, 0) is 55.8 Å². The van der Waals surface area contributed by atoms with Crippen molar-refractivity contribution < 1.29 is 4.79 Å². The van der Waals surface area contributed by atoms with E-state index in [1.54, 1.807) is 0 Å². The molecule has 1 aliphatic heterocycles. The van der Waals surface area contributed by atoms with Gasteiger partial charge in [0.1, 0.15) is 6.04 Å². The Morgan fingerprint density at radius 2 is 1.75 bits per heavy atom. The Labute approximate surface area is 120 Å². The third-order valence-corrected chi connectivity index (χ3v) is 6.19. The number of hydrogen-bond acceptors (Lipinski definition) is 3. The molecule has 0 aromatic rings. The number of hydrogen-bond donors (Lipinski definition) is 1. The van der Waals surface area contributed by atoms with Gasteiger partial charge in [0.05, 0.1) is 6.07 Å². The van der Waals surface area contributed by atoms with Gasteiger partial charge in [0, 0.05) is 25.6 Å². The topological polar surface area (TPSA) is 56.1 Å². The zero-order valence-electron chi connectivity index (χ0n) is 11.9. The van der Waals surface area contributed by atoms with Crippen molar-refractivity contribution in [3.63, 3.8) is 0 Å². The van der Waals surface area contributed by atoms with Gasteiger partial charge in [-0.25, -0.2) is 0 Å². The molecule has 0 radical (unpaired) electrons. The first kappa shape index (κ1) is 12.6. The molecule has 1 amide bonds. The van der Waals surface area contributed by atoms with Gasteiger partial charge in [0.15, 0.2) is 0 Å². The summed E-state index contributed by atoms with van der Waals surface area (Å²) in [5, 5.41) is 12.5. The first-order valence-corrected chi connectivity index (χ1v) is 8.17. The van der Waals surface area contributed by atoms with Crippen molar-refractivity contribution >= 4 is 5.91 Å². The van der Waals surface area contributed by atoms with Crippen LogP contribution in [0.1, 0.15) is 32.1 Å². The van der Waals surface area contributed by atoms with Crippen molar-refractivity contribution in [3.8, 4) is 6.07 Å². The first-order chi connectivity index (χ1) is 9.76. The second-order valence-corrected chi connectivity index (χ2v) is 7.34. The van der Waals surface area contributed by atoms with Crippen molar-refractivity contribution in [1.29, 1.82) is 5.26 Å². The van der Waals surface area contributed by atoms with Crippen LogP contribution in [-0.4, -0.2) is 36.5 Å². The average Bonchev–Trinajstić information content (AvgIpc) is 2.46. The van der Waals surface area contributed by atoms with Gasteiger partial charge in [-0.3, -0.25) is 4.79 Å². The van der Waals surface area contributed by atoms with Crippen LogP contribution in [-0.2, 0) is 4.79 Å². The standard InChI is InChI=1S/C16H23N3O/c17-8-14-9-18-1-2-19(14)16(20)15-12-4-10-3-11(6-12)7-13(15)5-10/h10-15,18H,1-7,9H2. The summed E-state index contributed by atoms with van der Waals surface area (Å²) in [5.74, 6) is 3.57. The van der Waals surface area contributed by atoms with E-state index in [2.05, 4.69) is 11.4 Å². The van der Waals surface area contributed by atoms with Gasteiger partial charge >= 0.3 is 0 Å². The molecule has 1 heterocycles. The van der Waals surface area contributed by atoms with E-state index in [4.69, 9.17) is 0 Å². The molecule has 4 nitrogen and oxygen atoms in total. The summed E-state index contributed by atoms with van der Waals surface area (Å²) >= 11 is 0. The predicted molar refractivity (Wildman–Crippen MR) is 74.5 cm³/mol. The van der Waals surface area contributed by atoms with E-state index in [1.165, 1.54) is 32.1 Å². The summed E-state index contributed by atoms with van der Waals surface area (Å²) in [5.41, 5.74) is 0. The number of carbonyl (C=O) groups is 1. The molecule has 5 aliphatic rings. The molecule has 108 valence electrons. The van der Waals surface area contributed by atoms with Crippen LogP contribution in [0.3, 0.4) is 0 Å². The summed E-state index contributed by atoms with van der Waals surface area (Å²) in [6, 6.07) is 2.04. The van der Waals surface area contributed by atoms with Crippen LogP contribution in [0, 0.1) is 40.9 Å². The highest BCUT2D eigenvalue weighted by atomic mass is 16.2. The van der Waals surface area contributed by atoms with Gasteiger partial charge in [-0.15, -0.1) is 0 Å². The summed E-state index contributed by atoms with van der Waals surface area (Å²) in [4.78, 5) is 14.9. The minimum atomic E-state index is -0.256. The molecule has 1 saturated heterocycles. The van der Waals surface area contributed by atoms with Gasteiger partial charge in [-0.1, -0.05) is 0 Å². The third-order valence-electron chi connectivity index (χ3n) is 6.19.